The van der Waals surface area contributed by atoms with Crippen LogP contribution in [0.1, 0.15) is 49.0 Å². The van der Waals surface area contributed by atoms with Crippen LogP contribution in [0, 0.1) is 5.41 Å². The van der Waals surface area contributed by atoms with Gasteiger partial charge in [-0.1, -0.05) is 54.2 Å². The third-order valence-corrected chi connectivity index (χ3v) is 5.43. The lowest BCUT2D eigenvalue weighted by Gasteiger charge is -2.26. The number of benzene rings is 1. The van der Waals surface area contributed by atoms with E-state index in [0.717, 1.165) is 41.3 Å². The molecular formula is C20H23BrO. The number of hydrogen-bond acceptors (Lipinski definition) is 1. The summed E-state index contributed by atoms with van der Waals surface area (Å²) in [6.45, 7) is 11.9. The van der Waals surface area contributed by atoms with Gasteiger partial charge in [0.2, 0.25) is 0 Å². The molecule has 0 radical (unpaired) electrons. The van der Waals surface area contributed by atoms with E-state index >= 15 is 0 Å². The van der Waals surface area contributed by atoms with Gasteiger partial charge in [-0.25, -0.2) is 0 Å². The van der Waals surface area contributed by atoms with Crippen LogP contribution >= 0.6 is 15.9 Å². The molecule has 0 spiro atoms. The van der Waals surface area contributed by atoms with E-state index < -0.39 is 0 Å². The second kappa shape index (κ2) is 6.78. The van der Waals surface area contributed by atoms with Gasteiger partial charge in [0, 0.05) is 15.5 Å². The molecule has 1 atom stereocenters. The zero-order chi connectivity index (χ0) is 16.3. The summed E-state index contributed by atoms with van der Waals surface area (Å²) in [6, 6.07) is 6.07. The van der Waals surface area contributed by atoms with Crippen LogP contribution in [0.5, 0.6) is 0 Å². The molecule has 0 bridgehead atoms. The van der Waals surface area contributed by atoms with Crippen LogP contribution in [0.4, 0.5) is 0 Å². The smallest absolute Gasteiger partial charge is 0.169 e. The van der Waals surface area contributed by atoms with Crippen LogP contribution in [0.3, 0.4) is 0 Å². The predicted octanol–water partition coefficient (Wildman–Crippen LogP) is 6.05. The monoisotopic (exact) mass is 358 g/mol. The Morgan fingerprint density at radius 1 is 1.36 bits per heavy atom. The summed E-state index contributed by atoms with van der Waals surface area (Å²) in [6.07, 6.45) is 7.21. The molecule has 0 amide bonds. The van der Waals surface area contributed by atoms with Crippen molar-refractivity contribution in [3.63, 3.8) is 0 Å². The zero-order valence-corrected chi connectivity index (χ0v) is 15.0. The lowest BCUT2D eigenvalue weighted by Crippen LogP contribution is -2.27. The minimum absolute atomic E-state index is 0.265. The molecule has 1 aliphatic carbocycles. The average molecular weight is 359 g/mol. The molecule has 2 heteroatoms. The Kier molecular flexibility index (Phi) is 5.23. The lowest BCUT2D eigenvalue weighted by molar-refractivity contribution is 0.0797. The van der Waals surface area contributed by atoms with Gasteiger partial charge in [-0.15, -0.1) is 0 Å². The highest BCUT2D eigenvalue weighted by molar-refractivity contribution is 9.10. The molecule has 0 saturated carbocycles. The molecular weight excluding hydrogens is 336 g/mol. The number of allylic oxidation sites excluding steroid dienone is 4. The molecule has 0 N–H and O–H groups in total. The molecule has 0 aliphatic heterocycles. The van der Waals surface area contributed by atoms with Crippen molar-refractivity contribution in [1.82, 2.24) is 0 Å². The van der Waals surface area contributed by atoms with Crippen LogP contribution in [0.15, 0.2) is 59.1 Å². The van der Waals surface area contributed by atoms with E-state index in [9.17, 15) is 4.79 Å². The van der Waals surface area contributed by atoms with Gasteiger partial charge in [0.1, 0.15) is 0 Å². The minimum atomic E-state index is -0.265. The summed E-state index contributed by atoms with van der Waals surface area (Å²) in [5, 5.41) is 0. The quantitative estimate of drug-likeness (QED) is 0.565. The molecule has 2 rings (SSSR count). The Hall–Kier alpha value is -1.41. The number of rotatable bonds is 6. The second-order valence-electron chi connectivity index (χ2n) is 6.06. The maximum absolute atomic E-state index is 13.0. The van der Waals surface area contributed by atoms with Gasteiger partial charge >= 0.3 is 0 Å². The molecule has 0 fully saturated rings. The summed E-state index contributed by atoms with van der Waals surface area (Å²) < 4.78 is 0.973. The van der Waals surface area contributed by atoms with Crippen LogP contribution in [-0.2, 0) is 6.42 Å². The first-order valence-electron chi connectivity index (χ1n) is 7.75. The fourth-order valence-corrected chi connectivity index (χ4v) is 3.64. The first-order valence-corrected chi connectivity index (χ1v) is 8.54. The van der Waals surface area contributed by atoms with E-state index in [2.05, 4.69) is 42.1 Å². The van der Waals surface area contributed by atoms with E-state index in [-0.39, 0.29) is 5.41 Å². The molecule has 1 aromatic rings. The topological polar surface area (TPSA) is 17.1 Å². The summed E-state index contributed by atoms with van der Waals surface area (Å²) in [7, 11) is 0. The SMILES string of the molecule is C=C/C(C)=C(\C=C)CCC1(CC)Cc2ccc(Br)cc2C1=O. The summed E-state index contributed by atoms with van der Waals surface area (Å²) in [5.41, 5.74) is 4.14. The largest absolute Gasteiger partial charge is 0.294 e. The number of Topliss-reactive ketones (excluding diaryl/α,β-unsaturated/α-hetero) is 1. The van der Waals surface area contributed by atoms with Crippen molar-refractivity contribution in [2.24, 2.45) is 5.41 Å². The number of halogens is 1. The van der Waals surface area contributed by atoms with Crippen LogP contribution in [0.25, 0.3) is 0 Å². The van der Waals surface area contributed by atoms with E-state index in [4.69, 9.17) is 0 Å². The van der Waals surface area contributed by atoms with Crippen LogP contribution < -0.4 is 0 Å². The van der Waals surface area contributed by atoms with Crippen molar-refractivity contribution in [2.45, 2.75) is 39.5 Å². The third-order valence-electron chi connectivity index (χ3n) is 4.94. The fraction of sp³-hybridized carbons (Fsp3) is 0.350. The Balaban J connectivity index is 2.27. The Morgan fingerprint density at radius 2 is 2.09 bits per heavy atom. The van der Waals surface area contributed by atoms with Gasteiger partial charge in [0.05, 0.1) is 0 Å². The van der Waals surface area contributed by atoms with E-state index in [1.54, 1.807) is 0 Å². The van der Waals surface area contributed by atoms with E-state index in [1.807, 2.05) is 31.2 Å². The maximum atomic E-state index is 13.0. The molecule has 116 valence electrons. The second-order valence-corrected chi connectivity index (χ2v) is 6.97. The van der Waals surface area contributed by atoms with Gasteiger partial charge in [-0.2, -0.15) is 0 Å². The maximum Gasteiger partial charge on any atom is 0.169 e. The molecule has 0 heterocycles. The number of fused-ring (bicyclic) bond motifs is 1. The Labute approximate surface area is 141 Å². The van der Waals surface area contributed by atoms with Crippen LogP contribution in [0.2, 0.25) is 0 Å². The highest BCUT2D eigenvalue weighted by Gasteiger charge is 2.43. The van der Waals surface area contributed by atoms with Gasteiger partial charge in [-0.05, 0) is 61.4 Å². The van der Waals surface area contributed by atoms with Gasteiger partial charge < -0.3 is 0 Å². The molecule has 1 aromatic carbocycles. The normalized spacial score (nSPS) is 21.3. The minimum Gasteiger partial charge on any atom is -0.294 e. The summed E-state index contributed by atoms with van der Waals surface area (Å²) in [4.78, 5) is 13.0. The van der Waals surface area contributed by atoms with Crippen molar-refractivity contribution in [3.8, 4) is 0 Å². The van der Waals surface area contributed by atoms with Crippen molar-refractivity contribution in [1.29, 1.82) is 0 Å². The van der Waals surface area contributed by atoms with Crippen LogP contribution in [-0.4, -0.2) is 5.78 Å². The standard InChI is InChI=1S/C20H23BrO/c1-5-14(4)15(6-2)10-11-20(7-3)13-16-8-9-17(21)12-18(16)19(20)22/h5-6,8-9,12H,1-2,7,10-11,13H2,3-4H3/b15-14+. The molecule has 0 aromatic heterocycles. The lowest BCUT2D eigenvalue weighted by atomic mass is 9.76. The number of carbonyl (C=O) groups excluding carboxylic acids is 1. The molecule has 1 aliphatic rings. The van der Waals surface area contributed by atoms with Crippen molar-refractivity contribution in [2.75, 3.05) is 0 Å². The van der Waals surface area contributed by atoms with Gasteiger partial charge in [0.15, 0.2) is 5.78 Å². The highest BCUT2D eigenvalue weighted by atomic mass is 79.9. The Bertz CT molecular complexity index is 654. The number of hydrogen-bond donors (Lipinski definition) is 0. The van der Waals surface area contributed by atoms with Gasteiger partial charge in [-0.3, -0.25) is 4.79 Å². The van der Waals surface area contributed by atoms with E-state index in [1.165, 1.54) is 11.1 Å². The summed E-state index contributed by atoms with van der Waals surface area (Å²) >= 11 is 3.47. The highest BCUT2D eigenvalue weighted by Crippen LogP contribution is 2.44. The van der Waals surface area contributed by atoms with Crippen molar-refractivity contribution >= 4 is 21.7 Å². The first-order chi connectivity index (χ1) is 10.5. The summed E-state index contributed by atoms with van der Waals surface area (Å²) in [5.74, 6) is 0.297. The molecule has 1 unspecified atom stereocenters. The number of carbonyl (C=O) groups is 1. The number of ketones is 1. The molecule has 22 heavy (non-hydrogen) atoms. The molecule has 1 nitrogen and oxygen atoms in total. The third kappa shape index (κ3) is 3.03. The Morgan fingerprint density at radius 3 is 2.68 bits per heavy atom. The van der Waals surface area contributed by atoms with Gasteiger partial charge in [0.25, 0.3) is 0 Å². The fourth-order valence-electron chi connectivity index (χ4n) is 3.27. The van der Waals surface area contributed by atoms with E-state index in [0.29, 0.717) is 5.78 Å². The van der Waals surface area contributed by atoms with Crippen molar-refractivity contribution < 1.29 is 4.79 Å². The predicted molar refractivity (Wildman–Crippen MR) is 97.2 cm³/mol. The van der Waals surface area contributed by atoms with Crippen molar-refractivity contribution in [3.05, 3.63) is 70.3 Å². The average Bonchev–Trinajstić information content (AvgIpc) is 2.80. The molecule has 0 saturated heterocycles. The first kappa shape index (κ1) is 17.0. The zero-order valence-electron chi connectivity index (χ0n) is 13.4.